The van der Waals surface area contributed by atoms with Gasteiger partial charge < -0.3 is 19.5 Å². The fraction of sp³-hybridized carbons (Fsp3) is 0.385. The Morgan fingerprint density at radius 2 is 1.85 bits per heavy atom. The maximum absolute atomic E-state index is 13.2. The minimum atomic E-state index is -0.726. The van der Waals surface area contributed by atoms with Gasteiger partial charge in [-0.2, -0.15) is 0 Å². The molecule has 180 valence electrons. The average Bonchev–Trinajstić information content (AvgIpc) is 3.11. The number of aliphatic hydroxyl groups is 1. The number of carbonyl (C=O) groups excluding carboxylic acids is 2. The molecule has 0 spiro atoms. The zero-order valence-electron chi connectivity index (χ0n) is 19.2. The number of carbonyl (C=O) groups is 2. The third-order valence-corrected chi connectivity index (χ3v) is 6.30. The van der Waals surface area contributed by atoms with E-state index in [1.165, 1.54) is 4.90 Å². The summed E-state index contributed by atoms with van der Waals surface area (Å²) in [5.74, 6) is -0.853. The van der Waals surface area contributed by atoms with Crippen LogP contribution in [0.15, 0.2) is 54.1 Å². The Balaban J connectivity index is 1.68. The molecule has 1 N–H and O–H groups in total. The smallest absolute Gasteiger partial charge is 0.295 e. The number of Topliss-reactive ketones (excluding diaryl/α,β-unsaturated/α-hetero) is 1. The highest BCUT2D eigenvalue weighted by Gasteiger charge is 2.46. The second-order valence-corrected chi connectivity index (χ2v) is 8.81. The number of hydrogen-bond acceptors (Lipinski definition) is 6. The average molecular weight is 485 g/mol. The molecule has 4 rings (SSSR count). The lowest BCUT2D eigenvalue weighted by atomic mass is 9.95. The van der Waals surface area contributed by atoms with E-state index in [0.717, 1.165) is 19.5 Å². The van der Waals surface area contributed by atoms with Crippen molar-refractivity contribution in [2.45, 2.75) is 19.4 Å². The zero-order chi connectivity index (χ0) is 24.1. The van der Waals surface area contributed by atoms with E-state index in [0.29, 0.717) is 54.8 Å². The van der Waals surface area contributed by atoms with Crippen LogP contribution >= 0.6 is 11.6 Å². The molecule has 2 aliphatic heterocycles. The quantitative estimate of drug-likeness (QED) is 0.348. The van der Waals surface area contributed by atoms with Crippen LogP contribution in [0.5, 0.6) is 5.75 Å². The highest BCUT2D eigenvalue weighted by Crippen LogP contribution is 2.40. The van der Waals surface area contributed by atoms with Gasteiger partial charge in [0.25, 0.3) is 11.7 Å². The number of nitrogens with zero attached hydrogens (tertiary/aromatic N) is 2. The first-order chi connectivity index (χ1) is 16.5. The molecule has 2 aromatic carbocycles. The molecule has 7 nitrogen and oxygen atoms in total. The minimum absolute atomic E-state index is 0.0662. The molecule has 0 saturated carbocycles. The maximum Gasteiger partial charge on any atom is 0.295 e. The lowest BCUT2D eigenvalue weighted by molar-refractivity contribution is -0.140. The third kappa shape index (κ3) is 5.27. The predicted molar refractivity (Wildman–Crippen MR) is 130 cm³/mol. The third-order valence-electron chi connectivity index (χ3n) is 6.07. The lowest BCUT2D eigenvalue weighted by Crippen LogP contribution is -2.42. The molecular formula is C26H29ClN2O5. The van der Waals surface area contributed by atoms with Crippen molar-refractivity contribution in [2.24, 2.45) is 0 Å². The van der Waals surface area contributed by atoms with Gasteiger partial charge in [-0.3, -0.25) is 14.5 Å². The van der Waals surface area contributed by atoms with Crippen molar-refractivity contribution in [3.05, 3.63) is 70.3 Å². The van der Waals surface area contributed by atoms with Crippen LogP contribution in [0, 0.1) is 0 Å². The highest BCUT2D eigenvalue weighted by atomic mass is 35.5. The zero-order valence-corrected chi connectivity index (χ0v) is 20.0. The molecule has 0 unspecified atom stereocenters. The first kappa shape index (κ1) is 24.3. The van der Waals surface area contributed by atoms with Gasteiger partial charge in [0, 0.05) is 36.8 Å². The van der Waals surface area contributed by atoms with E-state index in [4.69, 9.17) is 21.1 Å². The van der Waals surface area contributed by atoms with Crippen molar-refractivity contribution in [3.8, 4) is 5.75 Å². The summed E-state index contributed by atoms with van der Waals surface area (Å²) in [5.41, 5.74) is 1.19. The van der Waals surface area contributed by atoms with Crippen LogP contribution in [0.1, 0.15) is 30.5 Å². The first-order valence-electron chi connectivity index (χ1n) is 11.6. The second kappa shape index (κ2) is 11.0. The van der Waals surface area contributed by atoms with Gasteiger partial charge in [0.05, 0.1) is 31.4 Å². The Morgan fingerprint density at radius 3 is 2.53 bits per heavy atom. The van der Waals surface area contributed by atoms with Gasteiger partial charge in [0.2, 0.25) is 0 Å². The summed E-state index contributed by atoms with van der Waals surface area (Å²) in [6.07, 6.45) is 0.884. The molecule has 2 heterocycles. The predicted octanol–water partition coefficient (Wildman–Crippen LogP) is 3.88. The SMILES string of the molecule is CCCOc1ccc(/C(O)=C2\C(=O)C(=O)N(CCN3CCOCC3)[C@H]2c2cccc(Cl)c2)cc1. The molecular weight excluding hydrogens is 456 g/mol. The summed E-state index contributed by atoms with van der Waals surface area (Å²) >= 11 is 6.24. The fourth-order valence-corrected chi connectivity index (χ4v) is 4.49. The van der Waals surface area contributed by atoms with Crippen molar-refractivity contribution in [2.75, 3.05) is 46.0 Å². The van der Waals surface area contributed by atoms with E-state index in [1.54, 1.807) is 42.5 Å². The van der Waals surface area contributed by atoms with E-state index in [1.807, 2.05) is 13.0 Å². The number of halogens is 1. The molecule has 1 amide bonds. The van der Waals surface area contributed by atoms with E-state index < -0.39 is 17.7 Å². The van der Waals surface area contributed by atoms with Crippen LogP contribution in [-0.4, -0.2) is 72.6 Å². The largest absolute Gasteiger partial charge is 0.507 e. The number of ether oxygens (including phenoxy) is 2. The maximum atomic E-state index is 13.2. The molecule has 0 radical (unpaired) electrons. The molecule has 2 fully saturated rings. The first-order valence-corrected chi connectivity index (χ1v) is 11.9. The Bertz CT molecular complexity index is 1060. The van der Waals surface area contributed by atoms with Gasteiger partial charge in [-0.15, -0.1) is 0 Å². The van der Waals surface area contributed by atoms with Gasteiger partial charge in [0.1, 0.15) is 11.5 Å². The number of rotatable bonds is 8. The Labute approximate surface area is 204 Å². The van der Waals surface area contributed by atoms with Gasteiger partial charge in [-0.25, -0.2) is 0 Å². The minimum Gasteiger partial charge on any atom is -0.507 e. The molecule has 34 heavy (non-hydrogen) atoms. The van der Waals surface area contributed by atoms with E-state index in [2.05, 4.69) is 4.90 Å². The van der Waals surface area contributed by atoms with Crippen LogP contribution in [0.4, 0.5) is 0 Å². The van der Waals surface area contributed by atoms with Gasteiger partial charge in [-0.1, -0.05) is 30.7 Å². The molecule has 1 atom stereocenters. The van der Waals surface area contributed by atoms with Crippen molar-refractivity contribution < 1.29 is 24.2 Å². The normalized spacial score (nSPS) is 20.6. The van der Waals surface area contributed by atoms with Crippen molar-refractivity contribution in [1.82, 2.24) is 9.80 Å². The Morgan fingerprint density at radius 1 is 1.12 bits per heavy atom. The van der Waals surface area contributed by atoms with Crippen LogP contribution < -0.4 is 4.74 Å². The standard InChI is InChI=1S/C26H29ClN2O5/c1-2-14-34-21-8-6-18(7-9-21)24(30)22-23(19-4-3-5-20(27)17-19)29(26(32)25(22)31)11-10-28-12-15-33-16-13-28/h3-9,17,23,30H,2,10-16H2,1H3/b24-22+/t23-/m0/s1. The molecule has 0 bridgehead atoms. The fourth-order valence-electron chi connectivity index (χ4n) is 4.29. The summed E-state index contributed by atoms with van der Waals surface area (Å²) in [5, 5.41) is 11.7. The summed E-state index contributed by atoms with van der Waals surface area (Å²) in [6.45, 7) is 6.42. The van der Waals surface area contributed by atoms with Crippen LogP contribution in [-0.2, 0) is 14.3 Å². The number of hydrogen-bond donors (Lipinski definition) is 1. The summed E-state index contributed by atoms with van der Waals surface area (Å²) < 4.78 is 11.0. The number of aliphatic hydroxyl groups excluding tert-OH is 1. The van der Waals surface area contributed by atoms with E-state index in [9.17, 15) is 14.7 Å². The number of morpholine rings is 1. The molecule has 8 heteroatoms. The van der Waals surface area contributed by atoms with Gasteiger partial charge in [-0.05, 0) is 48.4 Å². The molecule has 2 aliphatic rings. The molecule has 2 aromatic rings. The number of ketones is 1. The van der Waals surface area contributed by atoms with Gasteiger partial charge >= 0.3 is 0 Å². The van der Waals surface area contributed by atoms with Crippen LogP contribution in [0.2, 0.25) is 5.02 Å². The summed E-state index contributed by atoms with van der Waals surface area (Å²) in [7, 11) is 0. The lowest BCUT2D eigenvalue weighted by Gasteiger charge is -2.31. The topological polar surface area (TPSA) is 79.3 Å². The number of amides is 1. The molecule has 2 saturated heterocycles. The van der Waals surface area contributed by atoms with E-state index in [-0.39, 0.29) is 11.3 Å². The second-order valence-electron chi connectivity index (χ2n) is 8.37. The Hall–Kier alpha value is -2.87. The highest BCUT2D eigenvalue weighted by molar-refractivity contribution is 6.46. The van der Waals surface area contributed by atoms with Crippen LogP contribution in [0.3, 0.4) is 0 Å². The van der Waals surface area contributed by atoms with Crippen molar-refractivity contribution in [1.29, 1.82) is 0 Å². The number of likely N-dealkylation sites (tertiary alicyclic amines) is 1. The summed E-state index contributed by atoms with van der Waals surface area (Å²) in [4.78, 5) is 30.0. The monoisotopic (exact) mass is 484 g/mol. The van der Waals surface area contributed by atoms with Crippen molar-refractivity contribution >= 4 is 29.1 Å². The van der Waals surface area contributed by atoms with Crippen LogP contribution in [0.25, 0.3) is 5.76 Å². The molecule has 0 aromatic heterocycles. The number of benzene rings is 2. The molecule has 0 aliphatic carbocycles. The summed E-state index contributed by atoms with van der Waals surface area (Å²) in [6, 6.07) is 13.2. The van der Waals surface area contributed by atoms with Crippen molar-refractivity contribution in [3.63, 3.8) is 0 Å². The van der Waals surface area contributed by atoms with E-state index >= 15 is 0 Å². The Kier molecular flexibility index (Phi) is 7.88. The van der Waals surface area contributed by atoms with Gasteiger partial charge in [0.15, 0.2) is 0 Å².